The van der Waals surface area contributed by atoms with Crippen LogP contribution in [0.15, 0.2) is 34.9 Å². The second kappa shape index (κ2) is 7.07. The van der Waals surface area contributed by atoms with Crippen LogP contribution < -0.4 is 0 Å². The van der Waals surface area contributed by atoms with E-state index in [1.165, 1.54) is 5.75 Å². The van der Waals surface area contributed by atoms with Gasteiger partial charge in [-0.15, -0.1) is 23.4 Å². The molecule has 0 amide bonds. The molecule has 21 heavy (non-hydrogen) atoms. The Kier molecular flexibility index (Phi) is 5.14. The highest BCUT2D eigenvalue weighted by molar-refractivity contribution is 8.06. The van der Waals surface area contributed by atoms with Crippen LogP contribution >= 0.6 is 35.1 Å². The maximum absolute atomic E-state index is 6.45. The maximum Gasteiger partial charge on any atom is 0.249 e. The minimum absolute atomic E-state index is 0.311. The summed E-state index contributed by atoms with van der Waals surface area (Å²) in [6.07, 6.45) is 1.12. The monoisotopic (exact) mass is 340 g/mol. The van der Waals surface area contributed by atoms with Gasteiger partial charge in [0.2, 0.25) is 5.89 Å². The minimum Gasteiger partial charge on any atom is -0.337 e. The van der Waals surface area contributed by atoms with Gasteiger partial charge in [-0.2, -0.15) is 16.7 Å². The third-order valence-electron chi connectivity index (χ3n) is 3.47. The molecule has 1 saturated heterocycles. The van der Waals surface area contributed by atoms with Gasteiger partial charge in [0.15, 0.2) is 5.82 Å². The molecule has 112 valence electrons. The number of nitrogens with zero attached hydrogens (tertiary/aromatic N) is 2. The summed E-state index contributed by atoms with van der Waals surface area (Å²) in [5.41, 5.74) is 0.979. The summed E-state index contributed by atoms with van der Waals surface area (Å²) < 4.78 is 5.41. The molecule has 0 N–H and O–H groups in total. The Balaban J connectivity index is 1.79. The van der Waals surface area contributed by atoms with Crippen molar-refractivity contribution in [2.45, 2.75) is 29.2 Å². The zero-order chi connectivity index (χ0) is 14.7. The van der Waals surface area contributed by atoms with E-state index >= 15 is 0 Å². The first-order valence-corrected chi connectivity index (χ1v) is 9.58. The van der Waals surface area contributed by atoms with Gasteiger partial charge >= 0.3 is 0 Å². The Labute approximate surface area is 138 Å². The molecule has 2 aromatic rings. The molecule has 1 aliphatic heterocycles. The van der Waals surface area contributed by atoms with Crippen LogP contribution in [0.2, 0.25) is 0 Å². The van der Waals surface area contributed by atoms with Crippen molar-refractivity contribution in [3.8, 4) is 0 Å². The van der Waals surface area contributed by atoms with Crippen LogP contribution in [0.25, 0.3) is 0 Å². The summed E-state index contributed by atoms with van der Waals surface area (Å²) in [5, 5.41) is 4.67. The lowest BCUT2D eigenvalue weighted by Crippen LogP contribution is -2.19. The van der Waals surface area contributed by atoms with E-state index in [2.05, 4.69) is 17.1 Å². The second-order valence-corrected chi connectivity index (χ2v) is 7.91. The van der Waals surface area contributed by atoms with Crippen molar-refractivity contribution < 1.29 is 4.52 Å². The highest BCUT2D eigenvalue weighted by Gasteiger charge is 2.31. The van der Waals surface area contributed by atoms with E-state index in [4.69, 9.17) is 16.1 Å². The molecule has 0 aliphatic carbocycles. The number of thioether (sulfide) groups is 2. The van der Waals surface area contributed by atoms with E-state index in [1.807, 2.05) is 53.9 Å². The van der Waals surface area contributed by atoms with E-state index in [1.54, 1.807) is 0 Å². The number of hydrogen-bond acceptors (Lipinski definition) is 5. The summed E-state index contributed by atoms with van der Waals surface area (Å²) in [4.78, 5) is 4.56. The second-order valence-electron chi connectivity index (χ2n) is 4.87. The molecule has 1 fully saturated rings. The normalized spacial score (nSPS) is 23.9. The van der Waals surface area contributed by atoms with Gasteiger partial charge in [0.05, 0.1) is 5.25 Å². The summed E-state index contributed by atoms with van der Waals surface area (Å²) >= 11 is 10.4. The SMILES string of the molecule is CCC1SCCSC1c1noc(C(Cl)c2ccccc2)n1. The summed E-state index contributed by atoms with van der Waals surface area (Å²) in [6, 6.07) is 9.84. The highest BCUT2D eigenvalue weighted by atomic mass is 35.5. The van der Waals surface area contributed by atoms with Crippen LogP contribution in [-0.4, -0.2) is 26.9 Å². The fourth-order valence-corrected chi connectivity index (χ4v) is 5.59. The number of rotatable bonds is 4. The van der Waals surface area contributed by atoms with Crippen molar-refractivity contribution in [2.24, 2.45) is 0 Å². The van der Waals surface area contributed by atoms with Gasteiger partial charge in [0, 0.05) is 16.8 Å². The Bertz CT molecular complexity index is 578. The van der Waals surface area contributed by atoms with Crippen molar-refractivity contribution in [1.29, 1.82) is 0 Å². The Morgan fingerprint density at radius 1 is 1.29 bits per heavy atom. The van der Waals surface area contributed by atoms with Crippen molar-refractivity contribution in [1.82, 2.24) is 10.1 Å². The molecule has 1 aliphatic rings. The molecule has 0 radical (unpaired) electrons. The van der Waals surface area contributed by atoms with Gasteiger partial charge in [-0.25, -0.2) is 0 Å². The number of hydrogen-bond donors (Lipinski definition) is 0. The first-order valence-electron chi connectivity index (χ1n) is 7.05. The summed E-state index contributed by atoms with van der Waals surface area (Å²) in [7, 11) is 0. The molecule has 6 heteroatoms. The van der Waals surface area contributed by atoms with Crippen LogP contribution in [0.3, 0.4) is 0 Å². The van der Waals surface area contributed by atoms with Crippen LogP contribution in [0.4, 0.5) is 0 Å². The van der Waals surface area contributed by atoms with Crippen LogP contribution in [0.5, 0.6) is 0 Å². The van der Waals surface area contributed by atoms with Crippen molar-refractivity contribution >= 4 is 35.1 Å². The first kappa shape index (κ1) is 15.3. The fraction of sp³-hybridized carbons (Fsp3) is 0.467. The average Bonchev–Trinajstić information content (AvgIpc) is 3.04. The van der Waals surface area contributed by atoms with Gasteiger partial charge in [-0.05, 0) is 12.0 Å². The lowest BCUT2D eigenvalue weighted by atomic mass is 10.1. The topological polar surface area (TPSA) is 38.9 Å². The zero-order valence-corrected chi connectivity index (χ0v) is 14.1. The molecule has 0 saturated carbocycles. The summed E-state index contributed by atoms with van der Waals surface area (Å²) in [5.74, 6) is 3.62. The highest BCUT2D eigenvalue weighted by Crippen LogP contribution is 2.43. The van der Waals surface area contributed by atoms with E-state index in [0.29, 0.717) is 16.4 Å². The van der Waals surface area contributed by atoms with Gasteiger partial charge in [0.1, 0.15) is 5.38 Å². The third-order valence-corrected chi connectivity index (χ3v) is 7.15. The van der Waals surface area contributed by atoms with Gasteiger partial charge in [0.25, 0.3) is 0 Å². The van der Waals surface area contributed by atoms with E-state index in [-0.39, 0.29) is 5.38 Å². The van der Waals surface area contributed by atoms with Crippen LogP contribution in [0.1, 0.15) is 41.3 Å². The van der Waals surface area contributed by atoms with Gasteiger partial charge < -0.3 is 4.52 Å². The molecule has 2 heterocycles. The largest absolute Gasteiger partial charge is 0.337 e. The van der Waals surface area contributed by atoms with Crippen molar-refractivity contribution in [2.75, 3.05) is 11.5 Å². The number of alkyl halides is 1. The molecule has 1 aromatic heterocycles. The predicted molar refractivity (Wildman–Crippen MR) is 90.2 cm³/mol. The van der Waals surface area contributed by atoms with Crippen LogP contribution in [0, 0.1) is 0 Å². The molecule has 0 spiro atoms. The van der Waals surface area contributed by atoms with Crippen LogP contribution in [-0.2, 0) is 0 Å². The fourth-order valence-electron chi connectivity index (χ4n) is 2.37. The number of benzene rings is 1. The summed E-state index contributed by atoms with van der Waals surface area (Å²) in [6.45, 7) is 2.21. The molecule has 3 nitrogen and oxygen atoms in total. The zero-order valence-electron chi connectivity index (χ0n) is 11.7. The van der Waals surface area contributed by atoms with Crippen molar-refractivity contribution in [3.05, 3.63) is 47.6 Å². The lowest BCUT2D eigenvalue weighted by molar-refractivity contribution is 0.376. The van der Waals surface area contributed by atoms with Crippen molar-refractivity contribution in [3.63, 3.8) is 0 Å². The molecule has 3 atom stereocenters. The Hall–Kier alpha value is -0.650. The average molecular weight is 341 g/mol. The lowest BCUT2D eigenvalue weighted by Gasteiger charge is -2.27. The van der Waals surface area contributed by atoms with Gasteiger partial charge in [-0.3, -0.25) is 0 Å². The minimum atomic E-state index is -0.381. The smallest absolute Gasteiger partial charge is 0.249 e. The quantitative estimate of drug-likeness (QED) is 0.754. The molecule has 3 unspecified atom stereocenters. The Morgan fingerprint density at radius 3 is 2.81 bits per heavy atom. The number of aromatic nitrogens is 2. The Morgan fingerprint density at radius 2 is 2.05 bits per heavy atom. The first-order chi connectivity index (χ1) is 10.3. The van der Waals surface area contributed by atoms with Gasteiger partial charge in [-0.1, -0.05) is 42.4 Å². The van der Waals surface area contributed by atoms with E-state index < -0.39 is 0 Å². The van der Waals surface area contributed by atoms with E-state index in [0.717, 1.165) is 23.6 Å². The predicted octanol–water partition coefficient (Wildman–Crippen LogP) is 4.70. The number of halogens is 1. The molecule has 1 aromatic carbocycles. The molecular weight excluding hydrogens is 324 g/mol. The third kappa shape index (κ3) is 3.41. The maximum atomic E-state index is 6.45. The molecule has 0 bridgehead atoms. The van der Waals surface area contributed by atoms with E-state index in [9.17, 15) is 0 Å². The molecular formula is C15H17ClN2OS2. The standard InChI is InChI=1S/C15H17ClN2OS2/c1-2-11-13(21-9-8-20-11)14-17-15(19-18-14)12(16)10-6-4-3-5-7-10/h3-7,11-13H,2,8-9H2,1H3. The molecule has 3 rings (SSSR count).